The van der Waals surface area contributed by atoms with Crippen LogP contribution in [0.15, 0.2) is 29.1 Å². The Hall–Kier alpha value is -3.89. The number of amides is 3. The second kappa shape index (κ2) is 8.69. The number of primary amides is 1. The number of nitrogens with one attached hydrogen (secondary N) is 3. The van der Waals surface area contributed by atoms with Crippen LogP contribution in [0.1, 0.15) is 30.7 Å². The fourth-order valence-electron chi connectivity index (χ4n) is 4.04. The highest BCUT2D eigenvalue weighted by molar-refractivity contribution is 6.04. The fourth-order valence-corrected chi connectivity index (χ4v) is 4.04. The van der Waals surface area contributed by atoms with Crippen molar-refractivity contribution in [1.29, 1.82) is 0 Å². The van der Waals surface area contributed by atoms with Gasteiger partial charge in [-0.1, -0.05) is 6.07 Å². The summed E-state index contributed by atoms with van der Waals surface area (Å²) in [6.45, 7) is 0.978. The van der Waals surface area contributed by atoms with Gasteiger partial charge in [0.25, 0.3) is 5.56 Å². The number of aromatic nitrogens is 2. The maximum absolute atomic E-state index is 12.9. The summed E-state index contributed by atoms with van der Waals surface area (Å²) < 4.78 is 5.15. The first kappa shape index (κ1) is 21.3. The quantitative estimate of drug-likeness (QED) is 0.528. The van der Waals surface area contributed by atoms with Gasteiger partial charge in [-0.3, -0.25) is 24.2 Å². The van der Waals surface area contributed by atoms with E-state index in [4.69, 9.17) is 10.5 Å². The Morgan fingerprint density at radius 1 is 1.25 bits per heavy atom. The Morgan fingerprint density at radius 3 is 2.69 bits per heavy atom. The van der Waals surface area contributed by atoms with Crippen LogP contribution in [0, 0.1) is 5.92 Å². The molecule has 11 heteroatoms. The minimum absolute atomic E-state index is 0.0721. The molecule has 0 aliphatic carbocycles. The molecule has 1 fully saturated rings. The number of hydrogen-bond donors (Lipinski definition) is 4. The maximum atomic E-state index is 12.9. The lowest BCUT2D eigenvalue weighted by molar-refractivity contribution is -0.123. The van der Waals surface area contributed by atoms with Crippen molar-refractivity contribution in [2.45, 2.75) is 25.2 Å². The minimum Gasteiger partial charge on any atom is -0.497 e. The summed E-state index contributed by atoms with van der Waals surface area (Å²) in [5.74, 6) is -1.51. The Kier molecular flexibility index (Phi) is 5.80. The molecule has 0 spiro atoms. The molecule has 2 aromatic rings. The molecule has 32 heavy (non-hydrogen) atoms. The number of aromatic amines is 1. The van der Waals surface area contributed by atoms with Gasteiger partial charge < -0.3 is 26.0 Å². The number of anilines is 3. The summed E-state index contributed by atoms with van der Waals surface area (Å²) in [5.41, 5.74) is 5.48. The highest BCUT2D eigenvalue weighted by Crippen LogP contribution is 2.31. The molecule has 1 aromatic heterocycles. The van der Waals surface area contributed by atoms with Gasteiger partial charge in [0, 0.05) is 37.2 Å². The molecule has 1 aromatic carbocycles. The number of carbonyl (C=O) groups excluding carboxylic acids is 3. The molecule has 3 amide bonds. The van der Waals surface area contributed by atoms with E-state index in [0.29, 0.717) is 37.4 Å². The standard InChI is InChI=1S/C21H24N6O5/c1-32-13-4-2-3-12(9-13)23-19(30)14-10-15(28)24-18-16(14)20(31)26-21(25-18)27-7-5-11(6-8-27)17(22)29/h2-4,9,11,14H,5-8,10H2,1H3,(H2,22,29)(H,23,30)(H2,24,25,26,28,31). The Bertz CT molecular complexity index is 1120. The molecule has 5 N–H and O–H groups in total. The number of ether oxygens (including phenoxy) is 1. The summed E-state index contributed by atoms with van der Waals surface area (Å²) in [5, 5.41) is 5.34. The van der Waals surface area contributed by atoms with Crippen molar-refractivity contribution in [2.75, 3.05) is 35.7 Å². The zero-order valence-electron chi connectivity index (χ0n) is 17.5. The highest BCUT2D eigenvalue weighted by atomic mass is 16.5. The molecular weight excluding hydrogens is 416 g/mol. The van der Waals surface area contributed by atoms with Crippen LogP contribution in [-0.4, -0.2) is 47.9 Å². The fraction of sp³-hybridized carbons (Fsp3) is 0.381. The minimum atomic E-state index is -0.990. The molecule has 3 heterocycles. The molecule has 1 saturated heterocycles. The van der Waals surface area contributed by atoms with E-state index in [-0.39, 0.29) is 35.6 Å². The molecule has 2 aliphatic heterocycles. The van der Waals surface area contributed by atoms with Gasteiger partial charge in [0.1, 0.15) is 11.6 Å². The van der Waals surface area contributed by atoms with Gasteiger partial charge in [0.2, 0.25) is 23.7 Å². The summed E-state index contributed by atoms with van der Waals surface area (Å²) in [6, 6.07) is 6.79. The van der Waals surface area contributed by atoms with Crippen LogP contribution in [-0.2, 0) is 14.4 Å². The molecule has 0 bridgehead atoms. The zero-order chi connectivity index (χ0) is 22.8. The number of nitrogens with two attached hydrogens (primary N) is 1. The van der Waals surface area contributed by atoms with E-state index in [1.165, 1.54) is 7.11 Å². The number of piperidine rings is 1. The monoisotopic (exact) mass is 440 g/mol. The average molecular weight is 440 g/mol. The number of nitrogens with zero attached hydrogens (tertiary/aromatic N) is 2. The van der Waals surface area contributed by atoms with Crippen molar-refractivity contribution in [1.82, 2.24) is 9.97 Å². The van der Waals surface area contributed by atoms with Gasteiger partial charge in [-0.25, -0.2) is 0 Å². The Morgan fingerprint density at radius 2 is 2.00 bits per heavy atom. The van der Waals surface area contributed by atoms with Crippen LogP contribution in [0.25, 0.3) is 0 Å². The van der Waals surface area contributed by atoms with E-state index in [0.717, 1.165) is 0 Å². The van der Waals surface area contributed by atoms with Crippen LogP contribution in [0.5, 0.6) is 5.75 Å². The smallest absolute Gasteiger partial charge is 0.258 e. The van der Waals surface area contributed by atoms with Crippen molar-refractivity contribution in [3.8, 4) is 5.75 Å². The molecule has 0 saturated carbocycles. The van der Waals surface area contributed by atoms with E-state index in [1.54, 1.807) is 24.3 Å². The molecule has 4 rings (SSSR count). The Labute approximate surface area is 183 Å². The maximum Gasteiger partial charge on any atom is 0.258 e. The van der Waals surface area contributed by atoms with Gasteiger partial charge >= 0.3 is 0 Å². The van der Waals surface area contributed by atoms with Crippen LogP contribution >= 0.6 is 0 Å². The number of methoxy groups -OCH3 is 1. The van der Waals surface area contributed by atoms with E-state index < -0.39 is 23.3 Å². The summed E-state index contributed by atoms with van der Waals surface area (Å²) >= 11 is 0. The second-order valence-electron chi connectivity index (χ2n) is 7.84. The van der Waals surface area contributed by atoms with E-state index in [1.807, 2.05) is 4.90 Å². The summed E-state index contributed by atoms with van der Waals surface area (Å²) in [6.07, 6.45) is 0.930. The third-order valence-corrected chi connectivity index (χ3v) is 5.79. The topological polar surface area (TPSA) is 160 Å². The lowest BCUT2D eigenvalue weighted by atomic mass is 9.92. The Balaban J connectivity index is 1.58. The highest BCUT2D eigenvalue weighted by Gasteiger charge is 2.35. The summed E-state index contributed by atoms with van der Waals surface area (Å²) in [4.78, 5) is 58.5. The van der Waals surface area contributed by atoms with Crippen molar-refractivity contribution in [3.63, 3.8) is 0 Å². The van der Waals surface area contributed by atoms with Crippen LogP contribution in [0.2, 0.25) is 0 Å². The average Bonchev–Trinajstić information content (AvgIpc) is 2.78. The number of hydrogen-bond acceptors (Lipinski definition) is 7. The first-order valence-electron chi connectivity index (χ1n) is 10.3. The van der Waals surface area contributed by atoms with Crippen molar-refractivity contribution in [3.05, 3.63) is 40.2 Å². The first-order chi connectivity index (χ1) is 15.4. The molecule has 0 radical (unpaired) electrons. The zero-order valence-corrected chi connectivity index (χ0v) is 17.5. The number of carbonyl (C=O) groups is 3. The molecule has 1 unspecified atom stereocenters. The molecular formula is C21H24N6O5. The van der Waals surface area contributed by atoms with Crippen LogP contribution in [0.3, 0.4) is 0 Å². The largest absolute Gasteiger partial charge is 0.497 e. The van der Waals surface area contributed by atoms with Crippen LogP contribution in [0.4, 0.5) is 17.5 Å². The van der Waals surface area contributed by atoms with Gasteiger partial charge in [-0.05, 0) is 25.0 Å². The van der Waals surface area contributed by atoms with E-state index >= 15 is 0 Å². The normalized spacial score (nSPS) is 18.5. The van der Waals surface area contributed by atoms with Gasteiger partial charge in [-0.15, -0.1) is 0 Å². The van der Waals surface area contributed by atoms with Gasteiger partial charge in [-0.2, -0.15) is 4.98 Å². The molecule has 1 atom stereocenters. The van der Waals surface area contributed by atoms with Crippen LogP contribution < -0.4 is 31.6 Å². The summed E-state index contributed by atoms with van der Waals surface area (Å²) in [7, 11) is 1.52. The molecule has 168 valence electrons. The number of rotatable bonds is 5. The SMILES string of the molecule is COc1cccc(NC(=O)C2CC(=O)Nc3nc(N4CCC(C(N)=O)CC4)[nH]c(=O)c32)c1. The van der Waals surface area contributed by atoms with E-state index in [9.17, 15) is 19.2 Å². The predicted molar refractivity (Wildman–Crippen MR) is 117 cm³/mol. The third kappa shape index (κ3) is 4.27. The number of benzene rings is 1. The molecule has 11 nitrogen and oxygen atoms in total. The lowest BCUT2D eigenvalue weighted by Gasteiger charge is -2.32. The van der Waals surface area contributed by atoms with Crippen molar-refractivity contribution in [2.24, 2.45) is 11.7 Å². The predicted octanol–water partition coefficient (Wildman–Crippen LogP) is 0.545. The third-order valence-electron chi connectivity index (χ3n) is 5.79. The van der Waals surface area contributed by atoms with Gasteiger partial charge in [0.05, 0.1) is 18.6 Å². The van der Waals surface area contributed by atoms with Crippen molar-refractivity contribution < 1.29 is 19.1 Å². The number of fused-ring (bicyclic) bond motifs is 1. The number of H-pyrrole nitrogens is 1. The van der Waals surface area contributed by atoms with E-state index in [2.05, 4.69) is 20.6 Å². The molecule has 2 aliphatic rings. The second-order valence-corrected chi connectivity index (χ2v) is 7.84. The van der Waals surface area contributed by atoms with Crippen molar-refractivity contribution >= 4 is 35.2 Å². The first-order valence-corrected chi connectivity index (χ1v) is 10.3. The lowest BCUT2D eigenvalue weighted by Crippen LogP contribution is -2.41. The van der Waals surface area contributed by atoms with Gasteiger partial charge in [0.15, 0.2) is 0 Å².